The average Bonchev–Trinajstić information content (AvgIpc) is 2.32. The average molecular weight is 254 g/mol. The summed E-state index contributed by atoms with van der Waals surface area (Å²) in [6.45, 7) is 2.28. The lowest BCUT2D eigenvalue weighted by Crippen LogP contribution is -2.45. The highest BCUT2D eigenvalue weighted by Crippen LogP contribution is 2.31. The highest BCUT2D eigenvalue weighted by atomic mass is 35.5. The molecule has 0 bridgehead atoms. The van der Waals surface area contributed by atoms with Crippen LogP contribution < -0.4 is 10.6 Å². The summed E-state index contributed by atoms with van der Waals surface area (Å²) in [4.78, 5) is 4.63. The molecule has 1 aliphatic heterocycles. The summed E-state index contributed by atoms with van der Waals surface area (Å²) in [6.07, 6.45) is 2.46. The van der Waals surface area contributed by atoms with Crippen LogP contribution in [0.5, 0.6) is 0 Å². The third-order valence-corrected chi connectivity index (χ3v) is 3.89. The van der Waals surface area contributed by atoms with Gasteiger partial charge in [-0.1, -0.05) is 17.7 Å². The number of anilines is 2. The molecule has 1 heterocycles. The van der Waals surface area contributed by atoms with Gasteiger partial charge in [0, 0.05) is 19.6 Å². The van der Waals surface area contributed by atoms with Crippen molar-refractivity contribution in [2.75, 3.05) is 37.8 Å². The van der Waals surface area contributed by atoms with Crippen molar-refractivity contribution in [2.24, 2.45) is 0 Å². The summed E-state index contributed by atoms with van der Waals surface area (Å²) in [5, 5.41) is 0.638. The Morgan fingerprint density at radius 1 is 1.47 bits per heavy atom. The fourth-order valence-electron chi connectivity index (χ4n) is 2.49. The summed E-state index contributed by atoms with van der Waals surface area (Å²) < 4.78 is 0. The number of hydrogen-bond donors (Lipinski definition) is 1. The third kappa shape index (κ3) is 2.67. The molecule has 94 valence electrons. The zero-order valence-corrected chi connectivity index (χ0v) is 11.2. The molecule has 0 spiro atoms. The Balaban J connectivity index is 2.18. The van der Waals surface area contributed by atoms with E-state index < -0.39 is 0 Å². The second-order valence-corrected chi connectivity index (χ2v) is 5.25. The van der Waals surface area contributed by atoms with Crippen molar-refractivity contribution in [2.45, 2.75) is 18.9 Å². The molecule has 0 saturated carbocycles. The van der Waals surface area contributed by atoms with E-state index in [1.54, 1.807) is 0 Å². The molecule has 1 atom stereocenters. The van der Waals surface area contributed by atoms with E-state index >= 15 is 0 Å². The van der Waals surface area contributed by atoms with Crippen LogP contribution in [0.1, 0.15) is 12.8 Å². The van der Waals surface area contributed by atoms with Crippen LogP contribution in [0.25, 0.3) is 0 Å². The quantitative estimate of drug-likeness (QED) is 0.822. The summed E-state index contributed by atoms with van der Waals surface area (Å²) in [5.41, 5.74) is 7.76. The first-order valence-electron chi connectivity index (χ1n) is 6.05. The van der Waals surface area contributed by atoms with Gasteiger partial charge in [-0.2, -0.15) is 0 Å². The lowest BCUT2D eigenvalue weighted by Gasteiger charge is -2.37. The van der Waals surface area contributed by atoms with Gasteiger partial charge in [0.05, 0.1) is 16.4 Å². The molecule has 2 rings (SSSR count). The summed E-state index contributed by atoms with van der Waals surface area (Å²) >= 11 is 6.06. The monoisotopic (exact) mass is 253 g/mol. The van der Waals surface area contributed by atoms with Gasteiger partial charge in [0.1, 0.15) is 0 Å². The number of likely N-dealkylation sites (N-methyl/N-ethyl adjacent to an activating group) is 2. The SMILES string of the molecule is CN1CCCC(N(C)c2cccc(Cl)c2N)C1. The van der Waals surface area contributed by atoms with Crippen LogP contribution in [0, 0.1) is 0 Å². The Hall–Kier alpha value is -0.930. The Morgan fingerprint density at radius 2 is 2.24 bits per heavy atom. The number of nitrogens with two attached hydrogens (primary N) is 1. The van der Waals surface area contributed by atoms with E-state index in [2.05, 4.69) is 23.9 Å². The first kappa shape index (κ1) is 12.5. The molecule has 3 nitrogen and oxygen atoms in total. The Labute approximate surface area is 108 Å². The van der Waals surface area contributed by atoms with E-state index in [0.29, 0.717) is 16.8 Å². The predicted molar refractivity (Wildman–Crippen MR) is 74.8 cm³/mol. The number of hydrogen-bond acceptors (Lipinski definition) is 3. The minimum Gasteiger partial charge on any atom is -0.396 e. The fraction of sp³-hybridized carbons (Fsp3) is 0.538. The van der Waals surface area contributed by atoms with E-state index in [1.807, 2.05) is 18.2 Å². The van der Waals surface area contributed by atoms with Crippen molar-refractivity contribution in [1.29, 1.82) is 0 Å². The summed E-state index contributed by atoms with van der Waals surface area (Å²) in [6, 6.07) is 6.35. The second kappa shape index (κ2) is 5.15. The molecule has 0 amide bonds. The highest BCUT2D eigenvalue weighted by Gasteiger charge is 2.22. The zero-order chi connectivity index (χ0) is 12.4. The molecule has 1 unspecified atom stereocenters. The van der Waals surface area contributed by atoms with Crippen LogP contribution in [-0.4, -0.2) is 38.1 Å². The molecule has 0 aromatic heterocycles. The van der Waals surface area contributed by atoms with Gasteiger partial charge in [0.15, 0.2) is 0 Å². The number of benzene rings is 1. The van der Waals surface area contributed by atoms with E-state index in [4.69, 9.17) is 17.3 Å². The van der Waals surface area contributed by atoms with Crippen LogP contribution in [-0.2, 0) is 0 Å². The maximum absolute atomic E-state index is 6.06. The van der Waals surface area contributed by atoms with Gasteiger partial charge >= 0.3 is 0 Å². The van der Waals surface area contributed by atoms with E-state index in [-0.39, 0.29) is 0 Å². The Bertz CT molecular complexity index is 394. The minimum absolute atomic E-state index is 0.523. The zero-order valence-electron chi connectivity index (χ0n) is 10.5. The predicted octanol–water partition coefficient (Wildman–Crippen LogP) is 2.45. The van der Waals surface area contributed by atoms with Crippen molar-refractivity contribution < 1.29 is 0 Å². The molecule has 17 heavy (non-hydrogen) atoms. The van der Waals surface area contributed by atoms with Gasteiger partial charge in [-0.25, -0.2) is 0 Å². The van der Waals surface area contributed by atoms with Gasteiger partial charge < -0.3 is 15.5 Å². The number of piperidine rings is 1. The number of likely N-dealkylation sites (tertiary alicyclic amines) is 1. The molecule has 1 aliphatic rings. The van der Waals surface area contributed by atoms with Gasteiger partial charge in [0.25, 0.3) is 0 Å². The van der Waals surface area contributed by atoms with E-state index in [9.17, 15) is 0 Å². The van der Waals surface area contributed by atoms with Crippen molar-refractivity contribution in [3.05, 3.63) is 23.2 Å². The first-order valence-corrected chi connectivity index (χ1v) is 6.42. The van der Waals surface area contributed by atoms with Gasteiger partial charge in [-0.05, 0) is 38.6 Å². The molecule has 0 radical (unpaired) electrons. The number of rotatable bonds is 2. The van der Waals surface area contributed by atoms with Crippen molar-refractivity contribution >= 4 is 23.0 Å². The van der Waals surface area contributed by atoms with Crippen LogP contribution in [0.4, 0.5) is 11.4 Å². The maximum atomic E-state index is 6.06. The van der Waals surface area contributed by atoms with Crippen molar-refractivity contribution in [3.63, 3.8) is 0 Å². The normalized spacial score (nSPS) is 21.5. The standard InChI is InChI=1S/C13H20ClN3/c1-16-8-4-5-10(9-16)17(2)12-7-3-6-11(14)13(12)15/h3,6-7,10H,4-5,8-9,15H2,1-2H3. The molecule has 2 N–H and O–H groups in total. The minimum atomic E-state index is 0.523. The maximum Gasteiger partial charge on any atom is 0.0741 e. The van der Waals surface area contributed by atoms with Crippen molar-refractivity contribution in [1.82, 2.24) is 4.90 Å². The van der Waals surface area contributed by atoms with Crippen LogP contribution in [0.3, 0.4) is 0 Å². The number of nitrogen functional groups attached to an aromatic ring is 1. The number of nitrogens with zero attached hydrogens (tertiary/aromatic N) is 2. The molecule has 4 heteroatoms. The molecular formula is C13H20ClN3. The molecule has 1 fully saturated rings. The van der Waals surface area contributed by atoms with Crippen LogP contribution >= 0.6 is 11.6 Å². The lowest BCUT2D eigenvalue weighted by molar-refractivity contribution is 0.248. The highest BCUT2D eigenvalue weighted by molar-refractivity contribution is 6.33. The molecule has 1 aromatic rings. The summed E-state index contributed by atoms with van der Waals surface area (Å²) in [5.74, 6) is 0. The Kier molecular flexibility index (Phi) is 3.79. The molecule has 0 aliphatic carbocycles. The van der Waals surface area contributed by atoms with Gasteiger partial charge in [-0.3, -0.25) is 0 Å². The smallest absolute Gasteiger partial charge is 0.0741 e. The van der Waals surface area contributed by atoms with Crippen molar-refractivity contribution in [3.8, 4) is 0 Å². The molecule has 1 saturated heterocycles. The molecular weight excluding hydrogens is 234 g/mol. The van der Waals surface area contributed by atoms with Crippen LogP contribution in [0.2, 0.25) is 5.02 Å². The first-order chi connectivity index (χ1) is 8.09. The topological polar surface area (TPSA) is 32.5 Å². The van der Waals surface area contributed by atoms with Gasteiger partial charge in [-0.15, -0.1) is 0 Å². The lowest BCUT2D eigenvalue weighted by atomic mass is 10.0. The van der Waals surface area contributed by atoms with Gasteiger partial charge in [0.2, 0.25) is 0 Å². The third-order valence-electron chi connectivity index (χ3n) is 3.56. The van der Waals surface area contributed by atoms with E-state index in [0.717, 1.165) is 12.2 Å². The fourth-order valence-corrected chi connectivity index (χ4v) is 2.65. The van der Waals surface area contributed by atoms with E-state index in [1.165, 1.54) is 19.4 Å². The largest absolute Gasteiger partial charge is 0.396 e. The second-order valence-electron chi connectivity index (χ2n) is 4.84. The Morgan fingerprint density at radius 3 is 2.94 bits per heavy atom. The molecule has 1 aromatic carbocycles. The number of halogens is 1. The van der Waals surface area contributed by atoms with Crippen LogP contribution in [0.15, 0.2) is 18.2 Å². The summed E-state index contributed by atoms with van der Waals surface area (Å²) in [7, 11) is 4.27. The number of para-hydroxylation sites is 1.